The molecule has 2 N–H and O–H groups in total. The van der Waals surface area contributed by atoms with Gasteiger partial charge in [-0.2, -0.15) is 0 Å². The molecule has 0 unspecified atom stereocenters. The second-order valence-electron chi connectivity index (χ2n) is 5.66. The molecule has 0 aliphatic rings. The van der Waals surface area contributed by atoms with Gasteiger partial charge < -0.3 is 20.1 Å². The minimum atomic E-state index is 0.654. The Hall–Kier alpha value is -3.28. The number of hydrogen-bond acceptors (Lipinski definition) is 6. The molecule has 0 saturated heterocycles. The van der Waals surface area contributed by atoms with Crippen LogP contribution in [0.2, 0.25) is 0 Å². The van der Waals surface area contributed by atoms with Gasteiger partial charge in [0, 0.05) is 23.5 Å². The quantitative estimate of drug-likeness (QED) is 0.652. The molecule has 0 spiro atoms. The highest BCUT2D eigenvalue weighted by molar-refractivity contribution is 5.65. The third-order valence-electron chi connectivity index (χ3n) is 3.96. The van der Waals surface area contributed by atoms with Crippen molar-refractivity contribution in [3.8, 4) is 11.5 Å². The molecule has 6 nitrogen and oxygen atoms in total. The lowest BCUT2D eigenvalue weighted by atomic mass is 10.1. The van der Waals surface area contributed by atoms with Crippen LogP contribution in [0.25, 0.3) is 0 Å². The smallest absolute Gasteiger partial charge is 0.162 e. The summed E-state index contributed by atoms with van der Waals surface area (Å²) < 4.78 is 10.6. The number of nitrogens with zero attached hydrogens (tertiary/aromatic N) is 2. The molecular formula is C20H22N4O2. The van der Waals surface area contributed by atoms with E-state index in [1.54, 1.807) is 14.2 Å². The molecule has 1 aromatic heterocycles. The standard InChI is InChI=1S/C20H22N4O2/c1-4-14-5-7-15(8-6-14)23-19-12-20(22-13-21-19)24-16-9-10-17(25-2)18(11-16)26-3/h5-13H,4H2,1-3H3,(H2,21,22,23,24). The summed E-state index contributed by atoms with van der Waals surface area (Å²) in [4.78, 5) is 8.54. The van der Waals surface area contributed by atoms with E-state index in [4.69, 9.17) is 9.47 Å². The number of benzene rings is 2. The van der Waals surface area contributed by atoms with Crippen molar-refractivity contribution in [1.29, 1.82) is 0 Å². The molecule has 0 bridgehead atoms. The normalized spacial score (nSPS) is 10.3. The Bertz CT molecular complexity index is 866. The number of ether oxygens (including phenoxy) is 2. The van der Waals surface area contributed by atoms with Crippen LogP contribution in [-0.4, -0.2) is 24.2 Å². The van der Waals surface area contributed by atoms with E-state index in [0.29, 0.717) is 23.1 Å². The van der Waals surface area contributed by atoms with Crippen molar-refractivity contribution in [2.45, 2.75) is 13.3 Å². The molecule has 3 rings (SSSR count). The third-order valence-corrected chi connectivity index (χ3v) is 3.96. The summed E-state index contributed by atoms with van der Waals surface area (Å²) in [6, 6.07) is 15.8. The van der Waals surface area contributed by atoms with Gasteiger partial charge >= 0.3 is 0 Å². The maximum atomic E-state index is 5.33. The fourth-order valence-corrected chi connectivity index (χ4v) is 2.53. The molecule has 0 amide bonds. The largest absolute Gasteiger partial charge is 0.493 e. The van der Waals surface area contributed by atoms with Gasteiger partial charge in [0.05, 0.1) is 14.2 Å². The molecule has 26 heavy (non-hydrogen) atoms. The van der Waals surface area contributed by atoms with E-state index < -0.39 is 0 Å². The Labute approximate surface area is 153 Å². The molecule has 0 saturated carbocycles. The second kappa shape index (κ2) is 8.20. The Morgan fingerprint density at radius 2 is 1.38 bits per heavy atom. The van der Waals surface area contributed by atoms with E-state index >= 15 is 0 Å². The van der Waals surface area contributed by atoms with Gasteiger partial charge in [0.1, 0.15) is 18.0 Å². The summed E-state index contributed by atoms with van der Waals surface area (Å²) in [5.74, 6) is 2.73. The van der Waals surface area contributed by atoms with Crippen LogP contribution in [-0.2, 0) is 6.42 Å². The summed E-state index contributed by atoms with van der Waals surface area (Å²) in [5.41, 5.74) is 3.13. The number of aryl methyl sites for hydroxylation is 1. The van der Waals surface area contributed by atoms with Crippen molar-refractivity contribution in [3.63, 3.8) is 0 Å². The maximum absolute atomic E-state index is 5.33. The van der Waals surface area contributed by atoms with E-state index in [1.807, 2.05) is 36.4 Å². The van der Waals surface area contributed by atoms with E-state index in [2.05, 4.69) is 39.7 Å². The summed E-state index contributed by atoms with van der Waals surface area (Å²) >= 11 is 0. The Balaban J connectivity index is 1.74. The van der Waals surface area contributed by atoms with Crippen molar-refractivity contribution in [1.82, 2.24) is 9.97 Å². The first-order valence-corrected chi connectivity index (χ1v) is 8.39. The van der Waals surface area contributed by atoms with Crippen molar-refractivity contribution in [2.24, 2.45) is 0 Å². The number of anilines is 4. The van der Waals surface area contributed by atoms with Gasteiger partial charge in [-0.05, 0) is 36.2 Å². The first-order valence-electron chi connectivity index (χ1n) is 8.39. The lowest BCUT2D eigenvalue weighted by Crippen LogP contribution is -1.99. The van der Waals surface area contributed by atoms with Crippen LogP contribution in [0.4, 0.5) is 23.0 Å². The zero-order chi connectivity index (χ0) is 18.4. The average molecular weight is 350 g/mol. The monoisotopic (exact) mass is 350 g/mol. The fraction of sp³-hybridized carbons (Fsp3) is 0.200. The summed E-state index contributed by atoms with van der Waals surface area (Å²) in [5, 5.41) is 6.53. The Morgan fingerprint density at radius 1 is 0.769 bits per heavy atom. The molecular weight excluding hydrogens is 328 g/mol. The second-order valence-corrected chi connectivity index (χ2v) is 5.66. The van der Waals surface area contributed by atoms with Gasteiger partial charge in [0.15, 0.2) is 11.5 Å². The number of methoxy groups -OCH3 is 2. The highest BCUT2D eigenvalue weighted by Gasteiger charge is 2.06. The molecule has 1 heterocycles. The van der Waals surface area contributed by atoms with Crippen LogP contribution >= 0.6 is 0 Å². The van der Waals surface area contributed by atoms with Crippen LogP contribution in [0.3, 0.4) is 0 Å². The highest BCUT2D eigenvalue weighted by atomic mass is 16.5. The van der Waals surface area contributed by atoms with E-state index in [-0.39, 0.29) is 0 Å². The van der Waals surface area contributed by atoms with Crippen molar-refractivity contribution >= 4 is 23.0 Å². The van der Waals surface area contributed by atoms with Crippen LogP contribution in [0.1, 0.15) is 12.5 Å². The molecule has 0 radical (unpaired) electrons. The van der Waals surface area contributed by atoms with Gasteiger partial charge in [-0.1, -0.05) is 19.1 Å². The Morgan fingerprint density at radius 3 is 2.00 bits per heavy atom. The average Bonchev–Trinajstić information content (AvgIpc) is 2.69. The molecule has 0 atom stereocenters. The number of hydrogen-bond donors (Lipinski definition) is 2. The third kappa shape index (κ3) is 4.22. The molecule has 0 fully saturated rings. The molecule has 0 aliphatic heterocycles. The van der Waals surface area contributed by atoms with E-state index in [9.17, 15) is 0 Å². The first-order chi connectivity index (χ1) is 12.7. The Kier molecular flexibility index (Phi) is 5.53. The zero-order valence-corrected chi connectivity index (χ0v) is 15.1. The fourth-order valence-electron chi connectivity index (χ4n) is 2.53. The number of rotatable bonds is 7. The van der Waals surface area contributed by atoms with Gasteiger partial charge in [-0.15, -0.1) is 0 Å². The van der Waals surface area contributed by atoms with Crippen LogP contribution in [0.15, 0.2) is 54.9 Å². The molecule has 6 heteroatoms. The van der Waals surface area contributed by atoms with Crippen molar-refractivity contribution in [2.75, 3.05) is 24.9 Å². The molecule has 0 aliphatic carbocycles. The topological polar surface area (TPSA) is 68.3 Å². The lowest BCUT2D eigenvalue weighted by Gasteiger charge is -2.12. The SMILES string of the molecule is CCc1ccc(Nc2cc(Nc3ccc(OC)c(OC)c3)ncn2)cc1. The maximum Gasteiger partial charge on any atom is 0.162 e. The zero-order valence-electron chi connectivity index (χ0n) is 15.1. The van der Waals surface area contributed by atoms with Gasteiger partial charge in [-0.3, -0.25) is 0 Å². The summed E-state index contributed by atoms with van der Waals surface area (Å²) in [7, 11) is 3.22. The van der Waals surface area contributed by atoms with Gasteiger partial charge in [0.2, 0.25) is 0 Å². The first kappa shape index (κ1) is 17.5. The van der Waals surface area contributed by atoms with Crippen LogP contribution in [0, 0.1) is 0 Å². The molecule has 3 aromatic rings. The van der Waals surface area contributed by atoms with Crippen molar-refractivity contribution in [3.05, 3.63) is 60.4 Å². The van der Waals surface area contributed by atoms with Gasteiger partial charge in [0.25, 0.3) is 0 Å². The number of nitrogens with one attached hydrogen (secondary N) is 2. The molecule has 2 aromatic carbocycles. The van der Waals surface area contributed by atoms with Crippen molar-refractivity contribution < 1.29 is 9.47 Å². The summed E-state index contributed by atoms with van der Waals surface area (Å²) in [6.07, 6.45) is 2.54. The minimum Gasteiger partial charge on any atom is -0.493 e. The van der Waals surface area contributed by atoms with Crippen LogP contribution in [0.5, 0.6) is 11.5 Å². The van der Waals surface area contributed by atoms with Crippen LogP contribution < -0.4 is 20.1 Å². The van der Waals surface area contributed by atoms with E-state index in [0.717, 1.165) is 17.8 Å². The lowest BCUT2D eigenvalue weighted by molar-refractivity contribution is 0.355. The minimum absolute atomic E-state index is 0.654. The van der Waals surface area contributed by atoms with Gasteiger partial charge in [-0.25, -0.2) is 9.97 Å². The number of aromatic nitrogens is 2. The predicted molar refractivity (Wildman–Crippen MR) is 104 cm³/mol. The van der Waals surface area contributed by atoms with E-state index in [1.165, 1.54) is 11.9 Å². The molecule has 134 valence electrons. The summed E-state index contributed by atoms with van der Waals surface area (Å²) in [6.45, 7) is 2.14. The highest BCUT2D eigenvalue weighted by Crippen LogP contribution is 2.31. The predicted octanol–water partition coefficient (Wildman–Crippen LogP) is 4.54.